The van der Waals surface area contributed by atoms with Gasteiger partial charge in [-0.15, -0.1) is 0 Å². The van der Waals surface area contributed by atoms with Gasteiger partial charge in [-0.3, -0.25) is 4.79 Å². The van der Waals surface area contributed by atoms with E-state index in [4.69, 9.17) is 23.7 Å². The highest BCUT2D eigenvalue weighted by Crippen LogP contribution is 2.48. The quantitative estimate of drug-likeness (QED) is 0.639. The van der Waals surface area contributed by atoms with Gasteiger partial charge in [-0.2, -0.15) is 0 Å². The van der Waals surface area contributed by atoms with E-state index in [1.807, 2.05) is 12.1 Å². The molecule has 2 heterocycles. The number of carbonyl (C=O) groups is 2. The Labute approximate surface area is 177 Å². The fourth-order valence-electron chi connectivity index (χ4n) is 4.12. The predicted molar refractivity (Wildman–Crippen MR) is 112 cm³/mol. The summed E-state index contributed by atoms with van der Waals surface area (Å²) in [5.74, 6) is 1.53. The first-order chi connectivity index (χ1) is 15.0. The average molecular weight is 421 g/mol. The summed E-state index contributed by atoms with van der Waals surface area (Å²) in [6, 6.07) is 9.09. The molecule has 0 fully saturated rings. The van der Waals surface area contributed by atoms with E-state index in [2.05, 4.69) is 5.32 Å². The summed E-state index contributed by atoms with van der Waals surface area (Å²) in [5.41, 5.74) is 2.97. The zero-order valence-corrected chi connectivity index (χ0v) is 17.2. The van der Waals surface area contributed by atoms with Crippen molar-refractivity contribution in [1.82, 2.24) is 0 Å². The fraction of sp³-hybridized carbons (Fsp3) is 0.217. The number of fused-ring (bicyclic) bond motifs is 3. The number of hydrogen-bond donors (Lipinski definition) is 1. The molecule has 3 aromatic rings. The van der Waals surface area contributed by atoms with Gasteiger partial charge in [0.05, 0.1) is 25.5 Å². The minimum atomic E-state index is -0.453. The summed E-state index contributed by atoms with van der Waals surface area (Å²) in [5, 5.41) is 4.28. The van der Waals surface area contributed by atoms with Gasteiger partial charge in [0, 0.05) is 23.4 Å². The van der Waals surface area contributed by atoms with Crippen LogP contribution in [-0.4, -0.2) is 32.9 Å². The first-order valence-corrected chi connectivity index (χ1v) is 9.61. The standard InChI is InChI=1S/C23H19NO7/c1-11(25)24-22-14-8-18(28-3)17(27-2)7-13(14)20(21-15(22)9-29-23(21)26)12-4-5-16-19(6-12)31-10-30-16/h4-8H,9-10H2,1-3H3,(H,24,25). The first-order valence-electron chi connectivity index (χ1n) is 9.61. The van der Waals surface area contributed by atoms with E-state index in [1.165, 1.54) is 6.92 Å². The summed E-state index contributed by atoms with van der Waals surface area (Å²) >= 11 is 0. The van der Waals surface area contributed by atoms with E-state index in [0.29, 0.717) is 56.1 Å². The Balaban J connectivity index is 1.91. The highest BCUT2D eigenvalue weighted by Gasteiger charge is 2.33. The second-order valence-corrected chi connectivity index (χ2v) is 7.18. The highest BCUT2D eigenvalue weighted by atomic mass is 16.7. The lowest BCUT2D eigenvalue weighted by Gasteiger charge is -2.19. The molecule has 0 bridgehead atoms. The minimum Gasteiger partial charge on any atom is -0.493 e. The van der Waals surface area contributed by atoms with Crippen LogP contribution in [0.1, 0.15) is 22.8 Å². The van der Waals surface area contributed by atoms with Gasteiger partial charge >= 0.3 is 5.97 Å². The molecule has 0 unspecified atom stereocenters. The summed E-state index contributed by atoms with van der Waals surface area (Å²) in [6.07, 6.45) is 0. The number of anilines is 1. The molecule has 0 radical (unpaired) electrons. The van der Waals surface area contributed by atoms with Crippen LogP contribution in [0.3, 0.4) is 0 Å². The van der Waals surface area contributed by atoms with Crippen LogP contribution >= 0.6 is 0 Å². The highest BCUT2D eigenvalue weighted by molar-refractivity contribution is 6.17. The molecular formula is C23H19NO7. The molecule has 158 valence electrons. The van der Waals surface area contributed by atoms with Crippen LogP contribution in [-0.2, 0) is 16.1 Å². The van der Waals surface area contributed by atoms with E-state index >= 15 is 0 Å². The number of methoxy groups -OCH3 is 2. The zero-order chi connectivity index (χ0) is 21.7. The van der Waals surface area contributed by atoms with Crippen molar-refractivity contribution in [2.24, 2.45) is 0 Å². The number of ether oxygens (including phenoxy) is 5. The Hall–Kier alpha value is -3.94. The number of hydrogen-bond acceptors (Lipinski definition) is 7. The molecule has 8 heteroatoms. The normalized spacial score (nSPS) is 13.7. The van der Waals surface area contributed by atoms with Crippen molar-refractivity contribution in [1.29, 1.82) is 0 Å². The monoisotopic (exact) mass is 421 g/mol. The van der Waals surface area contributed by atoms with Crippen LogP contribution in [0.2, 0.25) is 0 Å². The maximum absolute atomic E-state index is 12.8. The van der Waals surface area contributed by atoms with Gasteiger partial charge in [-0.1, -0.05) is 6.07 Å². The van der Waals surface area contributed by atoms with Crippen molar-refractivity contribution >= 4 is 28.3 Å². The van der Waals surface area contributed by atoms with Crippen molar-refractivity contribution in [3.05, 3.63) is 41.5 Å². The SMILES string of the molecule is COc1cc2c(NC(C)=O)c3c(c(-c4ccc5c(c4)OCO5)c2cc1OC)C(=O)OC3. The Morgan fingerprint density at radius 2 is 1.65 bits per heavy atom. The van der Waals surface area contributed by atoms with Crippen LogP contribution in [0.4, 0.5) is 5.69 Å². The number of rotatable bonds is 4. The van der Waals surface area contributed by atoms with Crippen LogP contribution in [0.15, 0.2) is 30.3 Å². The largest absolute Gasteiger partial charge is 0.493 e. The number of amides is 1. The first kappa shape index (κ1) is 19.0. The van der Waals surface area contributed by atoms with Gasteiger partial charge in [0.15, 0.2) is 23.0 Å². The topological polar surface area (TPSA) is 92.3 Å². The lowest BCUT2D eigenvalue weighted by atomic mass is 9.88. The molecule has 1 amide bonds. The maximum atomic E-state index is 12.8. The van der Waals surface area contributed by atoms with Crippen LogP contribution in [0, 0.1) is 0 Å². The Morgan fingerprint density at radius 1 is 0.935 bits per heavy atom. The van der Waals surface area contributed by atoms with Gasteiger partial charge < -0.3 is 29.0 Å². The van der Waals surface area contributed by atoms with Gasteiger partial charge in [0.1, 0.15) is 6.61 Å². The third kappa shape index (κ3) is 2.91. The Bertz CT molecular complexity index is 1260. The molecule has 0 aromatic heterocycles. The summed E-state index contributed by atoms with van der Waals surface area (Å²) in [6.45, 7) is 1.63. The lowest BCUT2D eigenvalue weighted by Crippen LogP contribution is -2.10. The lowest BCUT2D eigenvalue weighted by molar-refractivity contribution is -0.114. The Kier molecular flexibility index (Phi) is 4.35. The number of benzene rings is 3. The number of carbonyl (C=O) groups excluding carboxylic acids is 2. The maximum Gasteiger partial charge on any atom is 0.339 e. The number of nitrogens with one attached hydrogen (secondary N) is 1. The van der Waals surface area contributed by atoms with Gasteiger partial charge in [-0.05, 0) is 35.2 Å². The molecule has 5 rings (SSSR count). The fourth-order valence-corrected chi connectivity index (χ4v) is 4.12. The molecule has 2 aliphatic rings. The van der Waals surface area contributed by atoms with E-state index in [1.54, 1.807) is 32.4 Å². The molecule has 1 N–H and O–H groups in total. The van der Waals surface area contributed by atoms with Crippen molar-refractivity contribution in [3.63, 3.8) is 0 Å². The molecule has 8 nitrogen and oxygen atoms in total. The van der Waals surface area contributed by atoms with Crippen LogP contribution in [0.25, 0.3) is 21.9 Å². The number of cyclic esters (lactones) is 1. The molecule has 31 heavy (non-hydrogen) atoms. The second kappa shape index (κ2) is 7.09. The molecule has 3 aromatic carbocycles. The van der Waals surface area contributed by atoms with Crippen LogP contribution < -0.4 is 24.3 Å². The summed E-state index contributed by atoms with van der Waals surface area (Å²) in [4.78, 5) is 24.8. The van der Waals surface area contributed by atoms with Gasteiger partial charge in [-0.25, -0.2) is 4.79 Å². The molecular weight excluding hydrogens is 402 g/mol. The van der Waals surface area contributed by atoms with Crippen molar-refractivity contribution in [2.45, 2.75) is 13.5 Å². The minimum absolute atomic E-state index is 0.0611. The van der Waals surface area contributed by atoms with Crippen molar-refractivity contribution < 1.29 is 33.3 Å². The molecule has 0 saturated heterocycles. The second-order valence-electron chi connectivity index (χ2n) is 7.18. The predicted octanol–water partition coefficient (Wildman–Crippen LogP) is 3.88. The van der Waals surface area contributed by atoms with Crippen molar-refractivity contribution in [2.75, 3.05) is 26.3 Å². The van der Waals surface area contributed by atoms with E-state index in [9.17, 15) is 9.59 Å². The van der Waals surface area contributed by atoms with E-state index in [0.717, 1.165) is 5.56 Å². The van der Waals surface area contributed by atoms with Gasteiger partial charge in [0.25, 0.3) is 0 Å². The van der Waals surface area contributed by atoms with E-state index in [-0.39, 0.29) is 19.3 Å². The number of esters is 1. The molecule has 2 aliphatic heterocycles. The molecule has 0 spiro atoms. The summed E-state index contributed by atoms with van der Waals surface area (Å²) < 4.78 is 27.3. The third-order valence-corrected chi connectivity index (χ3v) is 5.43. The van der Waals surface area contributed by atoms with Crippen LogP contribution in [0.5, 0.6) is 23.0 Å². The molecule has 0 aliphatic carbocycles. The smallest absolute Gasteiger partial charge is 0.339 e. The average Bonchev–Trinajstić information content (AvgIpc) is 3.39. The summed E-state index contributed by atoms with van der Waals surface area (Å²) in [7, 11) is 3.08. The zero-order valence-electron chi connectivity index (χ0n) is 17.2. The molecule has 0 atom stereocenters. The van der Waals surface area contributed by atoms with Crippen molar-refractivity contribution in [3.8, 4) is 34.1 Å². The van der Waals surface area contributed by atoms with E-state index < -0.39 is 5.97 Å². The third-order valence-electron chi connectivity index (χ3n) is 5.43. The van der Waals surface area contributed by atoms with Gasteiger partial charge in [0.2, 0.25) is 12.7 Å². The molecule has 0 saturated carbocycles. The Morgan fingerprint density at radius 3 is 2.35 bits per heavy atom.